The van der Waals surface area contributed by atoms with Gasteiger partial charge >= 0.3 is 0 Å². The lowest BCUT2D eigenvalue weighted by atomic mass is 10.3. The van der Waals surface area contributed by atoms with Crippen LogP contribution in [0.5, 0.6) is 5.75 Å². The quantitative estimate of drug-likeness (QED) is 0.527. The summed E-state index contributed by atoms with van der Waals surface area (Å²) in [6, 6.07) is 23.4. The second-order valence-corrected chi connectivity index (χ2v) is 8.20. The Kier molecular flexibility index (Phi) is 6.87. The van der Waals surface area contributed by atoms with Gasteiger partial charge in [0.05, 0.1) is 10.6 Å². The van der Waals surface area contributed by atoms with Crippen LogP contribution in [0, 0.1) is 0 Å². The van der Waals surface area contributed by atoms with Crippen LogP contribution in [0.15, 0.2) is 102 Å². The molecule has 0 atom stereocenters. The van der Waals surface area contributed by atoms with E-state index < -0.39 is 15.9 Å². The molecule has 30 heavy (non-hydrogen) atoms. The number of nitrogens with zero attached hydrogens (tertiary/aromatic N) is 1. The van der Waals surface area contributed by atoms with Crippen LogP contribution < -0.4 is 14.4 Å². The van der Waals surface area contributed by atoms with Crippen molar-refractivity contribution < 1.29 is 17.9 Å². The Balaban J connectivity index is 1.84. The maximum absolute atomic E-state index is 13.2. The van der Waals surface area contributed by atoms with E-state index in [1.54, 1.807) is 78.9 Å². The van der Waals surface area contributed by atoms with Crippen molar-refractivity contribution in [2.45, 2.75) is 4.90 Å². The van der Waals surface area contributed by atoms with Gasteiger partial charge in [-0.25, -0.2) is 8.42 Å². The van der Waals surface area contributed by atoms with Gasteiger partial charge in [0.25, 0.3) is 10.0 Å². The Bertz CT molecular complexity index is 1100. The minimum absolute atomic E-state index is 0.112. The molecular weight excluding hydrogens is 400 g/mol. The average molecular weight is 423 g/mol. The predicted molar refractivity (Wildman–Crippen MR) is 118 cm³/mol. The minimum Gasteiger partial charge on any atom is -0.489 e. The first-order valence-electron chi connectivity index (χ1n) is 9.27. The number of anilines is 2. The molecule has 7 heteroatoms. The maximum atomic E-state index is 13.2. The molecule has 3 aromatic rings. The number of amides is 1. The highest BCUT2D eigenvalue weighted by molar-refractivity contribution is 7.92. The van der Waals surface area contributed by atoms with Gasteiger partial charge in [-0.1, -0.05) is 55.1 Å². The van der Waals surface area contributed by atoms with Crippen LogP contribution in [0.4, 0.5) is 11.4 Å². The summed E-state index contributed by atoms with van der Waals surface area (Å²) in [5.74, 6) is 0.101. The molecule has 0 saturated carbocycles. The molecule has 0 radical (unpaired) electrons. The molecule has 0 aliphatic rings. The van der Waals surface area contributed by atoms with Crippen LogP contribution in [0.2, 0.25) is 0 Å². The summed E-state index contributed by atoms with van der Waals surface area (Å²) >= 11 is 0. The predicted octanol–water partition coefficient (Wildman–Crippen LogP) is 4.09. The van der Waals surface area contributed by atoms with Crippen LogP contribution in [0.3, 0.4) is 0 Å². The fraction of sp³-hybridized carbons (Fsp3) is 0.0870. The third kappa shape index (κ3) is 5.27. The zero-order valence-electron chi connectivity index (χ0n) is 16.3. The van der Waals surface area contributed by atoms with Crippen LogP contribution in [-0.2, 0) is 14.8 Å². The third-order valence-corrected chi connectivity index (χ3v) is 5.94. The van der Waals surface area contributed by atoms with Crippen molar-refractivity contribution in [3.63, 3.8) is 0 Å². The first-order valence-corrected chi connectivity index (χ1v) is 10.7. The molecule has 0 saturated heterocycles. The van der Waals surface area contributed by atoms with Crippen LogP contribution in [0.25, 0.3) is 0 Å². The molecule has 1 N–H and O–H groups in total. The summed E-state index contributed by atoms with van der Waals surface area (Å²) in [5.41, 5.74) is 0.909. The molecule has 1 amide bonds. The van der Waals surface area contributed by atoms with E-state index in [1.165, 1.54) is 12.1 Å². The van der Waals surface area contributed by atoms with E-state index in [0.717, 1.165) is 4.31 Å². The molecule has 0 fully saturated rings. The largest absolute Gasteiger partial charge is 0.489 e. The molecule has 0 unspecified atom stereocenters. The van der Waals surface area contributed by atoms with Crippen molar-refractivity contribution in [1.29, 1.82) is 0 Å². The Hall–Kier alpha value is -3.58. The number of para-hydroxylation sites is 1. The second-order valence-electron chi connectivity index (χ2n) is 6.34. The number of carbonyl (C=O) groups excluding carboxylic acids is 1. The van der Waals surface area contributed by atoms with Gasteiger partial charge in [0.2, 0.25) is 5.91 Å². The SMILES string of the molecule is C=CCOc1cccc(NC(=O)CN(c2ccccc2)S(=O)(=O)c2ccccc2)c1. The van der Waals surface area contributed by atoms with Crippen molar-refractivity contribution in [2.75, 3.05) is 22.8 Å². The zero-order valence-corrected chi connectivity index (χ0v) is 17.1. The number of sulfonamides is 1. The molecule has 0 aliphatic heterocycles. The summed E-state index contributed by atoms with van der Waals surface area (Å²) in [4.78, 5) is 12.8. The van der Waals surface area contributed by atoms with Gasteiger partial charge in [0, 0.05) is 11.8 Å². The molecular formula is C23H22N2O4S. The molecule has 0 heterocycles. The van der Waals surface area contributed by atoms with Gasteiger partial charge in [0.1, 0.15) is 18.9 Å². The highest BCUT2D eigenvalue weighted by Crippen LogP contribution is 2.24. The van der Waals surface area contributed by atoms with E-state index in [1.807, 2.05) is 0 Å². The van der Waals surface area contributed by atoms with Crippen molar-refractivity contribution in [3.05, 3.63) is 97.6 Å². The van der Waals surface area contributed by atoms with Crippen LogP contribution >= 0.6 is 0 Å². The van der Waals surface area contributed by atoms with E-state index in [-0.39, 0.29) is 11.4 Å². The highest BCUT2D eigenvalue weighted by atomic mass is 32.2. The minimum atomic E-state index is -3.92. The molecule has 0 bridgehead atoms. The van der Waals surface area contributed by atoms with E-state index in [2.05, 4.69) is 11.9 Å². The normalized spacial score (nSPS) is 10.8. The smallest absolute Gasteiger partial charge is 0.264 e. The Morgan fingerprint density at radius 3 is 2.30 bits per heavy atom. The number of ether oxygens (including phenoxy) is 1. The number of rotatable bonds is 9. The first kappa shape index (κ1) is 21.1. The molecule has 0 aliphatic carbocycles. The van der Waals surface area contributed by atoms with Crippen molar-refractivity contribution in [1.82, 2.24) is 0 Å². The standard InChI is InChI=1S/C23H22N2O4S/c1-2-16-29-21-13-9-10-19(17-21)24-23(26)18-25(20-11-5-3-6-12-20)30(27,28)22-14-7-4-8-15-22/h2-15,17H,1,16,18H2,(H,24,26). The fourth-order valence-corrected chi connectivity index (χ4v) is 4.22. The van der Waals surface area contributed by atoms with E-state index in [9.17, 15) is 13.2 Å². The first-order chi connectivity index (χ1) is 14.5. The van der Waals surface area contributed by atoms with E-state index in [0.29, 0.717) is 23.7 Å². The third-order valence-electron chi connectivity index (χ3n) is 4.15. The molecule has 3 rings (SSSR count). The van der Waals surface area contributed by atoms with Gasteiger partial charge in [-0.2, -0.15) is 0 Å². The number of nitrogens with one attached hydrogen (secondary N) is 1. The zero-order chi connectivity index (χ0) is 21.4. The summed E-state index contributed by atoms with van der Waals surface area (Å²) in [6.07, 6.45) is 1.62. The van der Waals surface area contributed by atoms with E-state index in [4.69, 9.17) is 4.74 Å². The number of hydrogen-bond donors (Lipinski definition) is 1. The highest BCUT2D eigenvalue weighted by Gasteiger charge is 2.27. The van der Waals surface area contributed by atoms with Crippen LogP contribution in [0.1, 0.15) is 0 Å². The van der Waals surface area contributed by atoms with Crippen molar-refractivity contribution >= 4 is 27.3 Å². The summed E-state index contributed by atoms with van der Waals surface area (Å²) in [5, 5.41) is 2.73. The van der Waals surface area contributed by atoms with Crippen LogP contribution in [-0.4, -0.2) is 27.5 Å². The monoisotopic (exact) mass is 422 g/mol. The van der Waals surface area contributed by atoms with Crippen molar-refractivity contribution in [2.24, 2.45) is 0 Å². The average Bonchev–Trinajstić information content (AvgIpc) is 2.77. The Labute approximate surface area is 176 Å². The molecule has 154 valence electrons. The molecule has 0 aromatic heterocycles. The molecule has 6 nitrogen and oxygen atoms in total. The Morgan fingerprint density at radius 2 is 1.63 bits per heavy atom. The lowest BCUT2D eigenvalue weighted by Gasteiger charge is -2.24. The Morgan fingerprint density at radius 1 is 0.967 bits per heavy atom. The number of hydrogen-bond acceptors (Lipinski definition) is 4. The van der Waals surface area contributed by atoms with Crippen molar-refractivity contribution in [3.8, 4) is 5.75 Å². The van der Waals surface area contributed by atoms with Gasteiger partial charge in [-0.05, 0) is 36.4 Å². The summed E-state index contributed by atoms with van der Waals surface area (Å²) in [6.45, 7) is 3.56. The number of carbonyl (C=O) groups is 1. The summed E-state index contributed by atoms with van der Waals surface area (Å²) < 4.78 is 33.0. The van der Waals surface area contributed by atoms with Gasteiger partial charge in [0.15, 0.2) is 0 Å². The molecule has 0 spiro atoms. The van der Waals surface area contributed by atoms with E-state index >= 15 is 0 Å². The maximum Gasteiger partial charge on any atom is 0.264 e. The van der Waals surface area contributed by atoms with Gasteiger partial charge < -0.3 is 10.1 Å². The topological polar surface area (TPSA) is 75.7 Å². The van der Waals surface area contributed by atoms with Gasteiger partial charge in [-0.15, -0.1) is 0 Å². The molecule has 3 aromatic carbocycles. The lowest BCUT2D eigenvalue weighted by Crippen LogP contribution is -2.38. The van der Waals surface area contributed by atoms with Gasteiger partial charge in [-0.3, -0.25) is 9.10 Å². The number of benzene rings is 3. The fourth-order valence-electron chi connectivity index (χ4n) is 2.78. The second kappa shape index (κ2) is 9.76. The summed E-state index contributed by atoms with van der Waals surface area (Å²) in [7, 11) is -3.92. The lowest BCUT2D eigenvalue weighted by molar-refractivity contribution is -0.114.